The number of rotatable bonds is 7. The molecule has 0 spiro atoms. The monoisotopic (exact) mass is 496 g/mol. The first-order valence-corrected chi connectivity index (χ1v) is 10.1. The maximum absolute atomic E-state index is 4.40. The molecule has 2 heterocycles. The highest BCUT2D eigenvalue weighted by atomic mass is 127. The highest BCUT2D eigenvalue weighted by Crippen LogP contribution is 2.30. The molecule has 28 heavy (non-hydrogen) atoms. The third-order valence-electron chi connectivity index (χ3n) is 5.91. The molecule has 0 atom stereocenters. The number of aryl methyl sites for hydroxylation is 1. The minimum absolute atomic E-state index is 0. The summed E-state index contributed by atoms with van der Waals surface area (Å²) in [4.78, 5) is 4.40. The second-order valence-corrected chi connectivity index (χ2v) is 7.27. The van der Waals surface area contributed by atoms with Crippen molar-refractivity contribution in [2.45, 2.75) is 64.5 Å². The average molecular weight is 496 g/mol. The van der Waals surface area contributed by atoms with Gasteiger partial charge in [-0.05, 0) is 31.2 Å². The Morgan fingerprint density at radius 3 is 2.54 bits per heavy atom. The van der Waals surface area contributed by atoms with Crippen LogP contribution in [0.25, 0.3) is 0 Å². The Bertz CT molecular complexity index is 752. The summed E-state index contributed by atoms with van der Waals surface area (Å²) >= 11 is 0. The molecule has 2 N–H and O–H groups in total. The van der Waals surface area contributed by atoms with E-state index in [0.717, 1.165) is 50.0 Å². The van der Waals surface area contributed by atoms with E-state index in [1.54, 1.807) is 0 Å². The Morgan fingerprint density at radius 2 is 1.86 bits per heavy atom. The SMILES string of the molecule is CCC(CC)(CNC(=NC)NCc1nnc2n1CCCC2)c1ccccc1.I. The fourth-order valence-electron chi connectivity index (χ4n) is 3.94. The van der Waals surface area contributed by atoms with Crippen molar-refractivity contribution in [2.24, 2.45) is 4.99 Å². The highest BCUT2D eigenvalue weighted by molar-refractivity contribution is 14.0. The van der Waals surface area contributed by atoms with Crippen LogP contribution in [0.3, 0.4) is 0 Å². The molecular formula is C21H33IN6. The lowest BCUT2D eigenvalue weighted by Gasteiger charge is -2.33. The minimum Gasteiger partial charge on any atom is -0.356 e. The number of fused-ring (bicyclic) bond motifs is 1. The van der Waals surface area contributed by atoms with E-state index in [0.29, 0.717) is 6.54 Å². The second kappa shape index (κ2) is 10.8. The Kier molecular flexibility index (Phi) is 8.72. The largest absolute Gasteiger partial charge is 0.356 e. The first-order chi connectivity index (χ1) is 13.2. The Labute approximate surface area is 185 Å². The van der Waals surface area contributed by atoms with E-state index in [2.05, 4.69) is 74.6 Å². The molecule has 1 aliphatic heterocycles. The smallest absolute Gasteiger partial charge is 0.191 e. The summed E-state index contributed by atoms with van der Waals surface area (Å²) in [6.07, 6.45) is 5.61. The van der Waals surface area contributed by atoms with Gasteiger partial charge < -0.3 is 15.2 Å². The van der Waals surface area contributed by atoms with Crippen LogP contribution < -0.4 is 10.6 Å². The van der Waals surface area contributed by atoms with E-state index in [4.69, 9.17) is 0 Å². The van der Waals surface area contributed by atoms with Gasteiger partial charge in [0.2, 0.25) is 0 Å². The highest BCUT2D eigenvalue weighted by Gasteiger charge is 2.28. The van der Waals surface area contributed by atoms with Crippen LogP contribution in [0, 0.1) is 0 Å². The molecule has 7 heteroatoms. The Balaban J connectivity index is 0.00000280. The molecule has 6 nitrogen and oxygen atoms in total. The fraction of sp³-hybridized carbons (Fsp3) is 0.571. The predicted molar refractivity (Wildman–Crippen MR) is 125 cm³/mol. The van der Waals surface area contributed by atoms with Crippen LogP contribution >= 0.6 is 24.0 Å². The van der Waals surface area contributed by atoms with Crippen molar-refractivity contribution in [3.8, 4) is 0 Å². The molecule has 0 unspecified atom stereocenters. The maximum atomic E-state index is 4.40. The van der Waals surface area contributed by atoms with E-state index in [-0.39, 0.29) is 29.4 Å². The van der Waals surface area contributed by atoms with Gasteiger partial charge in [-0.1, -0.05) is 44.2 Å². The van der Waals surface area contributed by atoms with Gasteiger partial charge in [-0.15, -0.1) is 34.2 Å². The van der Waals surface area contributed by atoms with Gasteiger partial charge in [0.15, 0.2) is 11.8 Å². The van der Waals surface area contributed by atoms with Gasteiger partial charge in [0.25, 0.3) is 0 Å². The first-order valence-electron chi connectivity index (χ1n) is 10.1. The van der Waals surface area contributed by atoms with Crippen LogP contribution in [0.1, 0.15) is 56.7 Å². The normalized spacial score (nSPS) is 14.2. The number of hydrogen-bond donors (Lipinski definition) is 2. The van der Waals surface area contributed by atoms with Gasteiger partial charge >= 0.3 is 0 Å². The van der Waals surface area contributed by atoms with E-state index < -0.39 is 0 Å². The van der Waals surface area contributed by atoms with Crippen LogP contribution in [-0.4, -0.2) is 34.3 Å². The number of aromatic nitrogens is 3. The molecule has 1 aliphatic rings. The summed E-state index contributed by atoms with van der Waals surface area (Å²) in [5.74, 6) is 2.92. The molecule has 0 radical (unpaired) electrons. The molecule has 0 saturated heterocycles. The minimum atomic E-state index is 0. The summed E-state index contributed by atoms with van der Waals surface area (Å²) in [5, 5.41) is 15.6. The van der Waals surface area contributed by atoms with Crippen molar-refractivity contribution >= 4 is 29.9 Å². The fourth-order valence-corrected chi connectivity index (χ4v) is 3.94. The van der Waals surface area contributed by atoms with Crippen molar-refractivity contribution in [3.63, 3.8) is 0 Å². The van der Waals surface area contributed by atoms with Crippen LogP contribution in [-0.2, 0) is 24.9 Å². The average Bonchev–Trinajstić information content (AvgIpc) is 3.15. The third-order valence-corrected chi connectivity index (χ3v) is 5.91. The van der Waals surface area contributed by atoms with Crippen LogP contribution in [0.5, 0.6) is 0 Å². The summed E-state index contributed by atoms with van der Waals surface area (Å²) in [7, 11) is 1.82. The van der Waals surface area contributed by atoms with Crippen LogP contribution in [0.2, 0.25) is 0 Å². The number of hydrogen-bond acceptors (Lipinski definition) is 3. The van der Waals surface area contributed by atoms with Gasteiger partial charge in [-0.3, -0.25) is 4.99 Å². The number of guanidine groups is 1. The van der Waals surface area contributed by atoms with Gasteiger partial charge in [-0.25, -0.2) is 0 Å². The lowest BCUT2D eigenvalue weighted by molar-refractivity contribution is 0.389. The summed E-state index contributed by atoms with van der Waals surface area (Å²) in [6.45, 7) is 7.03. The lowest BCUT2D eigenvalue weighted by atomic mass is 9.76. The molecule has 0 fully saturated rings. The van der Waals surface area contributed by atoms with Crippen molar-refractivity contribution < 1.29 is 0 Å². The molecule has 1 aromatic carbocycles. The number of nitrogens with one attached hydrogen (secondary N) is 2. The summed E-state index contributed by atoms with van der Waals surface area (Å²) < 4.78 is 2.25. The topological polar surface area (TPSA) is 67.1 Å². The van der Waals surface area contributed by atoms with Gasteiger partial charge in [0, 0.05) is 32.0 Å². The van der Waals surface area contributed by atoms with Gasteiger partial charge in [-0.2, -0.15) is 0 Å². The molecule has 1 aromatic heterocycles. The van der Waals surface area contributed by atoms with Crippen molar-refractivity contribution in [3.05, 3.63) is 47.5 Å². The summed E-state index contributed by atoms with van der Waals surface area (Å²) in [5.41, 5.74) is 1.48. The Morgan fingerprint density at radius 1 is 1.11 bits per heavy atom. The molecule has 0 aliphatic carbocycles. The molecular weight excluding hydrogens is 463 g/mol. The van der Waals surface area contributed by atoms with E-state index in [1.165, 1.54) is 18.4 Å². The molecule has 154 valence electrons. The molecule has 0 saturated carbocycles. The van der Waals surface area contributed by atoms with E-state index in [1.807, 2.05) is 7.05 Å². The predicted octanol–water partition coefficient (Wildman–Crippen LogP) is 3.66. The molecule has 3 rings (SSSR count). The maximum Gasteiger partial charge on any atom is 0.191 e. The van der Waals surface area contributed by atoms with Gasteiger partial charge in [0.05, 0.1) is 6.54 Å². The zero-order valence-corrected chi connectivity index (χ0v) is 19.6. The Hall–Kier alpha value is -1.64. The molecule has 0 bridgehead atoms. The number of aliphatic imine (C=N–C) groups is 1. The number of benzene rings is 1. The quantitative estimate of drug-likeness (QED) is 0.349. The van der Waals surface area contributed by atoms with Crippen LogP contribution in [0.15, 0.2) is 35.3 Å². The van der Waals surface area contributed by atoms with Crippen molar-refractivity contribution in [1.29, 1.82) is 0 Å². The zero-order chi connectivity index (χ0) is 19.1. The van der Waals surface area contributed by atoms with Gasteiger partial charge in [0.1, 0.15) is 5.82 Å². The lowest BCUT2D eigenvalue weighted by Crippen LogP contribution is -2.45. The second-order valence-electron chi connectivity index (χ2n) is 7.27. The first kappa shape index (κ1) is 22.6. The standard InChI is InChI=1S/C21H32N6.HI/c1-4-21(5-2,17-11-7-6-8-12-17)16-24-20(22-3)23-15-19-26-25-18-13-9-10-14-27(18)19;/h6-8,11-12H,4-5,9-10,13-16H2,1-3H3,(H2,22,23,24);1H. The zero-order valence-electron chi connectivity index (χ0n) is 17.2. The van der Waals surface area contributed by atoms with Crippen LogP contribution in [0.4, 0.5) is 0 Å². The summed E-state index contributed by atoms with van der Waals surface area (Å²) in [6, 6.07) is 10.8. The van der Waals surface area contributed by atoms with E-state index >= 15 is 0 Å². The number of nitrogens with zero attached hydrogens (tertiary/aromatic N) is 4. The molecule has 2 aromatic rings. The van der Waals surface area contributed by atoms with Crippen molar-refractivity contribution in [2.75, 3.05) is 13.6 Å². The van der Waals surface area contributed by atoms with Crippen molar-refractivity contribution in [1.82, 2.24) is 25.4 Å². The third kappa shape index (κ3) is 5.04. The number of halogens is 1. The molecule has 0 amide bonds. The van der Waals surface area contributed by atoms with E-state index in [9.17, 15) is 0 Å².